The average molecular weight is 354 g/mol. The van der Waals surface area contributed by atoms with Crippen molar-refractivity contribution in [3.63, 3.8) is 0 Å². The number of rotatable bonds is 4. The maximum absolute atomic E-state index is 10.3. The molecule has 0 bridgehead atoms. The molecular formula is C23H18N2O2. The summed E-state index contributed by atoms with van der Waals surface area (Å²) >= 11 is 0. The molecule has 4 heteroatoms. The van der Waals surface area contributed by atoms with Gasteiger partial charge in [0.1, 0.15) is 11.5 Å². The van der Waals surface area contributed by atoms with E-state index in [0.29, 0.717) is 17.1 Å². The summed E-state index contributed by atoms with van der Waals surface area (Å²) < 4.78 is 5.24. The minimum Gasteiger partial charge on any atom is -0.507 e. The van der Waals surface area contributed by atoms with Crippen molar-refractivity contribution in [2.45, 2.75) is 0 Å². The van der Waals surface area contributed by atoms with E-state index >= 15 is 0 Å². The number of benzene rings is 3. The molecule has 4 rings (SSSR count). The Morgan fingerprint density at radius 3 is 2.07 bits per heavy atom. The minimum absolute atomic E-state index is 0.191. The van der Waals surface area contributed by atoms with Crippen molar-refractivity contribution in [3.8, 4) is 45.4 Å². The summed E-state index contributed by atoms with van der Waals surface area (Å²) in [5, 5.41) is 10.3. The van der Waals surface area contributed by atoms with E-state index in [9.17, 15) is 5.11 Å². The Kier molecular flexibility index (Phi) is 4.54. The normalized spacial score (nSPS) is 10.6. The smallest absolute Gasteiger partial charge is 0.160 e. The lowest BCUT2D eigenvalue weighted by Crippen LogP contribution is -1.96. The van der Waals surface area contributed by atoms with Gasteiger partial charge in [0.15, 0.2) is 5.82 Å². The van der Waals surface area contributed by atoms with Crippen LogP contribution in [0.4, 0.5) is 0 Å². The summed E-state index contributed by atoms with van der Waals surface area (Å²) in [5.74, 6) is 1.59. The van der Waals surface area contributed by atoms with Crippen molar-refractivity contribution in [2.24, 2.45) is 0 Å². The molecule has 0 aliphatic rings. The lowest BCUT2D eigenvalue weighted by atomic mass is 10.1. The van der Waals surface area contributed by atoms with Crippen LogP contribution in [-0.4, -0.2) is 22.2 Å². The zero-order valence-electron chi connectivity index (χ0n) is 14.8. The van der Waals surface area contributed by atoms with Crippen molar-refractivity contribution >= 4 is 0 Å². The van der Waals surface area contributed by atoms with Gasteiger partial charge in [0, 0.05) is 16.7 Å². The van der Waals surface area contributed by atoms with Gasteiger partial charge < -0.3 is 9.84 Å². The third-order valence-electron chi connectivity index (χ3n) is 4.32. The van der Waals surface area contributed by atoms with Gasteiger partial charge in [-0.2, -0.15) is 0 Å². The molecule has 0 aliphatic heterocycles. The second kappa shape index (κ2) is 7.30. The predicted molar refractivity (Wildman–Crippen MR) is 107 cm³/mol. The first kappa shape index (κ1) is 16.8. The van der Waals surface area contributed by atoms with E-state index in [4.69, 9.17) is 14.7 Å². The molecule has 1 N–H and O–H groups in total. The number of methoxy groups -OCH3 is 1. The third-order valence-corrected chi connectivity index (χ3v) is 4.32. The van der Waals surface area contributed by atoms with Gasteiger partial charge in [-0.3, -0.25) is 0 Å². The van der Waals surface area contributed by atoms with Crippen LogP contribution in [0.5, 0.6) is 11.5 Å². The van der Waals surface area contributed by atoms with Crippen LogP contribution in [0.25, 0.3) is 33.9 Å². The quantitative estimate of drug-likeness (QED) is 0.548. The van der Waals surface area contributed by atoms with E-state index in [1.807, 2.05) is 72.8 Å². The van der Waals surface area contributed by atoms with E-state index < -0.39 is 0 Å². The maximum Gasteiger partial charge on any atom is 0.160 e. The second-order valence-corrected chi connectivity index (χ2v) is 6.07. The molecule has 0 amide bonds. The molecule has 132 valence electrons. The van der Waals surface area contributed by atoms with Crippen LogP contribution in [0, 0.1) is 0 Å². The summed E-state index contributed by atoms with van der Waals surface area (Å²) in [6.45, 7) is 0. The topological polar surface area (TPSA) is 55.2 Å². The van der Waals surface area contributed by atoms with E-state index in [-0.39, 0.29) is 5.75 Å². The highest BCUT2D eigenvalue weighted by Gasteiger charge is 2.12. The molecule has 4 nitrogen and oxygen atoms in total. The molecule has 0 fully saturated rings. The molecule has 0 saturated carbocycles. The Balaban J connectivity index is 1.90. The van der Waals surface area contributed by atoms with E-state index in [1.165, 1.54) is 0 Å². The summed E-state index contributed by atoms with van der Waals surface area (Å²) in [7, 11) is 1.64. The molecule has 1 aromatic heterocycles. The first-order valence-corrected chi connectivity index (χ1v) is 8.62. The zero-order chi connectivity index (χ0) is 18.6. The fraction of sp³-hybridized carbons (Fsp3) is 0.0435. The van der Waals surface area contributed by atoms with Crippen LogP contribution < -0.4 is 4.74 Å². The first-order chi connectivity index (χ1) is 13.2. The van der Waals surface area contributed by atoms with Gasteiger partial charge in [-0.05, 0) is 42.5 Å². The molecule has 27 heavy (non-hydrogen) atoms. The lowest BCUT2D eigenvalue weighted by molar-refractivity contribution is 0.415. The predicted octanol–water partition coefficient (Wildman–Crippen LogP) is 5.19. The number of hydrogen-bond donors (Lipinski definition) is 1. The molecule has 3 aromatic carbocycles. The molecule has 0 saturated heterocycles. The Bertz CT molecular complexity index is 1060. The maximum atomic E-state index is 10.3. The molecular weight excluding hydrogens is 336 g/mol. The number of phenols is 1. The fourth-order valence-corrected chi connectivity index (χ4v) is 2.90. The number of aromatic hydroxyl groups is 1. The summed E-state index contributed by atoms with van der Waals surface area (Å²) in [6, 6.07) is 26.6. The van der Waals surface area contributed by atoms with Gasteiger partial charge in [-0.25, -0.2) is 9.97 Å². The molecule has 4 aromatic rings. The van der Waals surface area contributed by atoms with Crippen LogP contribution in [0.15, 0.2) is 84.9 Å². The van der Waals surface area contributed by atoms with E-state index in [1.54, 1.807) is 19.2 Å². The Morgan fingerprint density at radius 1 is 0.704 bits per heavy atom. The highest BCUT2D eigenvalue weighted by molar-refractivity contribution is 5.74. The minimum atomic E-state index is 0.191. The van der Waals surface area contributed by atoms with Gasteiger partial charge in [0.2, 0.25) is 0 Å². The highest BCUT2D eigenvalue weighted by Crippen LogP contribution is 2.32. The van der Waals surface area contributed by atoms with Crippen LogP contribution in [0.1, 0.15) is 0 Å². The second-order valence-electron chi connectivity index (χ2n) is 6.07. The number of phenolic OH excluding ortho intramolecular Hbond substituents is 1. The largest absolute Gasteiger partial charge is 0.507 e. The molecule has 0 aliphatic carbocycles. The van der Waals surface area contributed by atoms with Gasteiger partial charge in [-0.15, -0.1) is 0 Å². The Labute approximate surface area is 157 Å². The van der Waals surface area contributed by atoms with E-state index in [2.05, 4.69) is 0 Å². The van der Waals surface area contributed by atoms with Crippen molar-refractivity contribution in [3.05, 3.63) is 84.9 Å². The first-order valence-electron chi connectivity index (χ1n) is 8.62. The molecule has 0 unspecified atom stereocenters. The van der Waals surface area contributed by atoms with Gasteiger partial charge in [-0.1, -0.05) is 42.5 Å². The number of nitrogens with zero attached hydrogens (tertiary/aromatic N) is 2. The van der Waals surface area contributed by atoms with Crippen molar-refractivity contribution in [1.29, 1.82) is 0 Å². The van der Waals surface area contributed by atoms with Gasteiger partial charge in [0.05, 0.1) is 18.5 Å². The summed E-state index contributed by atoms with van der Waals surface area (Å²) in [5.41, 5.74) is 4.00. The number of hydrogen-bond acceptors (Lipinski definition) is 4. The van der Waals surface area contributed by atoms with E-state index in [0.717, 1.165) is 22.6 Å². The molecule has 1 heterocycles. The Hall–Kier alpha value is -3.66. The lowest BCUT2D eigenvalue weighted by Gasteiger charge is -2.10. The highest BCUT2D eigenvalue weighted by atomic mass is 16.5. The monoisotopic (exact) mass is 354 g/mol. The summed E-state index contributed by atoms with van der Waals surface area (Å²) in [4.78, 5) is 9.45. The SMILES string of the molecule is COc1ccc(-c2cc(-c3ccccc3O)nc(-c3ccccc3)n2)cc1. The van der Waals surface area contributed by atoms with Gasteiger partial charge in [0.25, 0.3) is 0 Å². The fourth-order valence-electron chi connectivity index (χ4n) is 2.90. The molecule has 0 spiro atoms. The van der Waals surface area contributed by atoms with Crippen molar-refractivity contribution in [2.75, 3.05) is 7.11 Å². The van der Waals surface area contributed by atoms with Crippen molar-refractivity contribution < 1.29 is 9.84 Å². The number of aromatic nitrogens is 2. The molecule has 0 radical (unpaired) electrons. The van der Waals surface area contributed by atoms with Crippen LogP contribution >= 0.6 is 0 Å². The standard InChI is InChI=1S/C23H18N2O2/c1-27-18-13-11-16(12-14-18)20-15-21(19-9-5-6-10-22(19)26)25-23(24-20)17-7-3-2-4-8-17/h2-15,26H,1H3. The molecule has 0 atom stereocenters. The summed E-state index contributed by atoms with van der Waals surface area (Å²) in [6.07, 6.45) is 0. The van der Waals surface area contributed by atoms with Crippen molar-refractivity contribution in [1.82, 2.24) is 9.97 Å². The zero-order valence-corrected chi connectivity index (χ0v) is 14.8. The number of para-hydroxylation sites is 1. The van der Waals surface area contributed by atoms with Crippen LogP contribution in [0.3, 0.4) is 0 Å². The number of ether oxygens (including phenoxy) is 1. The Morgan fingerprint density at radius 2 is 1.37 bits per heavy atom. The van der Waals surface area contributed by atoms with Crippen LogP contribution in [-0.2, 0) is 0 Å². The van der Waals surface area contributed by atoms with Gasteiger partial charge >= 0.3 is 0 Å². The van der Waals surface area contributed by atoms with Crippen LogP contribution in [0.2, 0.25) is 0 Å². The third kappa shape index (κ3) is 3.51. The average Bonchev–Trinajstić information content (AvgIpc) is 2.74.